The first-order valence-electron chi connectivity index (χ1n) is 6.50. The van der Waals surface area contributed by atoms with Crippen LogP contribution in [-0.4, -0.2) is 15.0 Å². The van der Waals surface area contributed by atoms with Gasteiger partial charge in [-0.2, -0.15) is 0 Å². The van der Waals surface area contributed by atoms with E-state index in [9.17, 15) is 0 Å². The molecule has 0 fully saturated rings. The fraction of sp³-hybridized carbons (Fsp3) is 0.125. The van der Waals surface area contributed by atoms with E-state index in [0.717, 1.165) is 16.9 Å². The van der Waals surface area contributed by atoms with E-state index < -0.39 is 0 Å². The van der Waals surface area contributed by atoms with Crippen molar-refractivity contribution in [2.45, 2.75) is 13.2 Å². The zero-order chi connectivity index (χ0) is 13.6. The summed E-state index contributed by atoms with van der Waals surface area (Å²) in [7, 11) is 0. The molecule has 1 heterocycles. The maximum atomic E-state index is 5.64. The van der Waals surface area contributed by atoms with Crippen LogP contribution in [0.25, 0.3) is 5.69 Å². The Morgan fingerprint density at radius 2 is 1.55 bits per heavy atom. The summed E-state index contributed by atoms with van der Waals surface area (Å²) in [6.45, 7) is 1.04. The average molecular weight is 265 g/mol. The van der Waals surface area contributed by atoms with E-state index in [1.165, 1.54) is 0 Å². The fourth-order valence-corrected chi connectivity index (χ4v) is 1.92. The maximum Gasteiger partial charge on any atom is 0.109 e. The van der Waals surface area contributed by atoms with Gasteiger partial charge in [-0.15, -0.1) is 5.10 Å². The summed E-state index contributed by atoms with van der Waals surface area (Å²) in [5.74, 6) is 0. The van der Waals surface area contributed by atoms with Crippen molar-refractivity contribution in [3.8, 4) is 5.69 Å². The number of hydrogen-bond donors (Lipinski definition) is 0. The molecule has 0 aliphatic heterocycles. The van der Waals surface area contributed by atoms with Crippen LogP contribution in [0.5, 0.6) is 0 Å². The topological polar surface area (TPSA) is 39.9 Å². The van der Waals surface area contributed by atoms with Crippen LogP contribution in [-0.2, 0) is 18.0 Å². The lowest BCUT2D eigenvalue weighted by molar-refractivity contribution is 0.104. The number of rotatable bonds is 5. The molecule has 1 aromatic heterocycles. The second kappa shape index (κ2) is 6.12. The summed E-state index contributed by atoms with van der Waals surface area (Å²) in [6.07, 6.45) is 1.89. The SMILES string of the molecule is c1ccc(COCc2cn(-c3ccccc3)nn2)cc1. The van der Waals surface area contributed by atoms with Gasteiger partial charge in [-0.1, -0.05) is 53.7 Å². The molecule has 0 aliphatic carbocycles. The Morgan fingerprint density at radius 1 is 0.850 bits per heavy atom. The highest BCUT2D eigenvalue weighted by atomic mass is 16.5. The second-order valence-electron chi connectivity index (χ2n) is 4.47. The minimum Gasteiger partial charge on any atom is -0.370 e. The molecule has 0 N–H and O–H groups in total. The molecule has 0 atom stereocenters. The Balaban J connectivity index is 1.58. The van der Waals surface area contributed by atoms with Crippen molar-refractivity contribution >= 4 is 0 Å². The molecule has 3 rings (SSSR count). The lowest BCUT2D eigenvalue weighted by Gasteiger charge is -2.01. The molecule has 4 nitrogen and oxygen atoms in total. The van der Waals surface area contributed by atoms with Crippen molar-refractivity contribution < 1.29 is 4.74 Å². The number of nitrogens with zero attached hydrogens (tertiary/aromatic N) is 3. The van der Waals surface area contributed by atoms with Gasteiger partial charge in [0.2, 0.25) is 0 Å². The molecular formula is C16H15N3O. The molecule has 0 aliphatic rings. The first kappa shape index (κ1) is 12.6. The minimum absolute atomic E-state index is 0.460. The lowest BCUT2D eigenvalue weighted by Crippen LogP contribution is -1.94. The molecule has 2 aromatic carbocycles. The van der Waals surface area contributed by atoms with Crippen molar-refractivity contribution in [1.29, 1.82) is 0 Å². The first-order chi connectivity index (χ1) is 9.92. The molecule has 0 saturated heterocycles. The maximum absolute atomic E-state index is 5.64. The molecule has 0 amide bonds. The van der Waals surface area contributed by atoms with Crippen LogP contribution in [0.1, 0.15) is 11.3 Å². The summed E-state index contributed by atoms with van der Waals surface area (Å²) in [5.41, 5.74) is 2.97. The third-order valence-electron chi connectivity index (χ3n) is 2.92. The van der Waals surface area contributed by atoms with Crippen LogP contribution < -0.4 is 0 Å². The molecule has 0 radical (unpaired) electrons. The molecular weight excluding hydrogens is 250 g/mol. The Morgan fingerprint density at radius 3 is 2.30 bits per heavy atom. The van der Waals surface area contributed by atoms with E-state index in [2.05, 4.69) is 10.3 Å². The van der Waals surface area contributed by atoms with Crippen molar-refractivity contribution in [3.05, 3.63) is 78.1 Å². The van der Waals surface area contributed by atoms with Gasteiger partial charge in [0.15, 0.2) is 0 Å². The Labute approximate surface area is 117 Å². The summed E-state index contributed by atoms with van der Waals surface area (Å²) in [5, 5.41) is 8.21. The number of para-hydroxylation sites is 1. The molecule has 0 bridgehead atoms. The highest BCUT2D eigenvalue weighted by molar-refractivity contribution is 5.29. The van der Waals surface area contributed by atoms with Gasteiger partial charge in [0.25, 0.3) is 0 Å². The van der Waals surface area contributed by atoms with Crippen molar-refractivity contribution in [1.82, 2.24) is 15.0 Å². The van der Waals surface area contributed by atoms with Gasteiger partial charge in [-0.3, -0.25) is 0 Å². The van der Waals surface area contributed by atoms with Crippen LogP contribution in [0.3, 0.4) is 0 Å². The largest absolute Gasteiger partial charge is 0.370 e. The molecule has 3 aromatic rings. The Bertz CT molecular complexity index is 650. The van der Waals surface area contributed by atoms with Gasteiger partial charge in [-0.05, 0) is 17.7 Å². The molecule has 0 unspecified atom stereocenters. The van der Waals surface area contributed by atoms with Crippen LogP contribution in [0.2, 0.25) is 0 Å². The van der Waals surface area contributed by atoms with Crippen molar-refractivity contribution in [3.63, 3.8) is 0 Å². The predicted octanol–water partition coefficient (Wildman–Crippen LogP) is 2.98. The molecule has 100 valence electrons. The van der Waals surface area contributed by atoms with E-state index in [-0.39, 0.29) is 0 Å². The summed E-state index contributed by atoms with van der Waals surface area (Å²) in [4.78, 5) is 0. The lowest BCUT2D eigenvalue weighted by atomic mass is 10.2. The monoisotopic (exact) mass is 265 g/mol. The standard InChI is InChI=1S/C16H15N3O/c1-3-7-14(8-4-1)12-20-13-15-11-19(18-17-15)16-9-5-2-6-10-16/h1-11H,12-13H2. The number of benzene rings is 2. The molecule has 20 heavy (non-hydrogen) atoms. The molecule has 0 spiro atoms. The highest BCUT2D eigenvalue weighted by Gasteiger charge is 2.02. The van der Waals surface area contributed by atoms with Crippen molar-refractivity contribution in [2.75, 3.05) is 0 Å². The molecule has 4 heteroatoms. The van der Waals surface area contributed by atoms with Gasteiger partial charge >= 0.3 is 0 Å². The summed E-state index contributed by atoms with van der Waals surface area (Å²) >= 11 is 0. The van der Waals surface area contributed by atoms with Crippen LogP contribution in [0.15, 0.2) is 66.9 Å². The van der Waals surface area contributed by atoms with E-state index in [0.29, 0.717) is 13.2 Å². The first-order valence-corrected chi connectivity index (χ1v) is 6.50. The van der Waals surface area contributed by atoms with Gasteiger partial charge in [0, 0.05) is 0 Å². The van der Waals surface area contributed by atoms with Gasteiger partial charge in [-0.25, -0.2) is 4.68 Å². The third kappa shape index (κ3) is 3.10. The average Bonchev–Trinajstić information content (AvgIpc) is 2.98. The van der Waals surface area contributed by atoms with E-state index in [1.54, 1.807) is 4.68 Å². The number of ether oxygens (including phenoxy) is 1. The Kier molecular flexibility index (Phi) is 3.85. The third-order valence-corrected chi connectivity index (χ3v) is 2.92. The van der Waals surface area contributed by atoms with E-state index >= 15 is 0 Å². The number of hydrogen-bond acceptors (Lipinski definition) is 3. The highest BCUT2D eigenvalue weighted by Crippen LogP contribution is 2.07. The van der Waals surface area contributed by atoms with E-state index in [1.807, 2.05) is 66.9 Å². The van der Waals surface area contributed by atoms with Gasteiger partial charge < -0.3 is 4.74 Å². The molecule has 0 saturated carbocycles. The van der Waals surface area contributed by atoms with Crippen LogP contribution in [0, 0.1) is 0 Å². The zero-order valence-corrected chi connectivity index (χ0v) is 11.0. The summed E-state index contributed by atoms with van der Waals surface area (Å²) < 4.78 is 7.39. The number of aromatic nitrogens is 3. The quantitative estimate of drug-likeness (QED) is 0.712. The fourth-order valence-electron chi connectivity index (χ4n) is 1.92. The second-order valence-corrected chi connectivity index (χ2v) is 4.47. The van der Waals surface area contributed by atoms with E-state index in [4.69, 9.17) is 4.74 Å². The normalized spacial score (nSPS) is 10.6. The zero-order valence-electron chi connectivity index (χ0n) is 11.0. The van der Waals surface area contributed by atoms with Crippen molar-refractivity contribution in [2.24, 2.45) is 0 Å². The predicted molar refractivity (Wildman–Crippen MR) is 76.3 cm³/mol. The summed E-state index contributed by atoms with van der Waals surface area (Å²) in [6, 6.07) is 20.0. The minimum atomic E-state index is 0.460. The van der Waals surface area contributed by atoms with Crippen LogP contribution >= 0.6 is 0 Å². The Hall–Kier alpha value is -2.46. The smallest absolute Gasteiger partial charge is 0.109 e. The van der Waals surface area contributed by atoms with Crippen LogP contribution in [0.4, 0.5) is 0 Å². The van der Waals surface area contributed by atoms with Gasteiger partial charge in [0.05, 0.1) is 25.1 Å². The van der Waals surface area contributed by atoms with Gasteiger partial charge in [0.1, 0.15) is 5.69 Å².